The number of nitrogens with two attached hydrogens (primary N) is 1. The van der Waals surface area contributed by atoms with Crippen LogP contribution in [0.25, 0.3) is 0 Å². The van der Waals surface area contributed by atoms with Crippen LogP contribution in [-0.2, 0) is 30.0 Å². The molecule has 0 spiro atoms. The number of hydrogen-bond acceptors (Lipinski definition) is 4. The Morgan fingerprint density at radius 2 is 1.86 bits per heavy atom. The molecule has 0 aliphatic heterocycles. The first-order valence-corrected chi connectivity index (χ1v) is 10.4. The third-order valence-corrected chi connectivity index (χ3v) is 5.29. The molecule has 1 aromatic carbocycles. The van der Waals surface area contributed by atoms with Gasteiger partial charge in [0.25, 0.3) is 0 Å². The van der Waals surface area contributed by atoms with Crippen LogP contribution in [0, 0.1) is 13.8 Å². The number of sulfonamides is 1. The number of nitrogens with one attached hydrogen (secondary N) is 2. The van der Waals surface area contributed by atoms with E-state index in [4.69, 9.17) is 5.14 Å². The van der Waals surface area contributed by atoms with E-state index in [0.29, 0.717) is 13.1 Å². The van der Waals surface area contributed by atoms with Crippen LogP contribution in [0.15, 0.2) is 34.2 Å². The third-order valence-electron chi connectivity index (χ3n) is 4.36. The average molecular weight is 520 g/mol. The largest absolute Gasteiger partial charge is 0.357 e. The molecule has 8 nitrogen and oxygen atoms in total. The molecule has 0 amide bonds. The molecular formula is C18H29IN6O2S. The summed E-state index contributed by atoms with van der Waals surface area (Å²) in [6.07, 6.45) is 0.736. The summed E-state index contributed by atoms with van der Waals surface area (Å²) in [5.41, 5.74) is 4.25. The molecule has 0 aliphatic rings. The van der Waals surface area contributed by atoms with Crippen LogP contribution in [0.1, 0.15) is 29.4 Å². The number of nitrogens with zero attached hydrogens (tertiary/aromatic N) is 3. The summed E-state index contributed by atoms with van der Waals surface area (Å²) < 4.78 is 24.5. The van der Waals surface area contributed by atoms with Crippen molar-refractivity contribution in [2.75, 3.05) is 13.1 Å². The molecule has 0 unspecified atom stereocenters. The second-order valence-corrected chi connectivity index (χ2v) is 7.90. The quantitative estimate of drug-likeness (QED) is 0.292. The fourth-order valence-corrected chi connectivity index (χ4v) is 3.23. The molecule has 10 heteroatoms. The van der Waals surface area contributed by atoms with Gasteiger partial charge >= 0.3 is 0 Å². The molecule has 1 heterocycles. The number of benzene rings is 1. The summed E-state index contributed by atoms with van der Waals surface area (Å²) in [4.78, 5) is 4.76. The highest BCUT2D eigenvalue weighted by atomic mass is 127. The molecule has 2 rings (SSSR count). The number of guanidine groups is 1. The third kappa shape index (κ3) is 6.74. The molecule has 0 saturated carbocycles. The molecule has 1 aromatic heterocycles. The van der Waals surface area contributed by atoms with Gasteiger partial charge in [-0.15, -0.1) is 24.0 Å². The predicted molar refractivity (Wildman–Crippen MR) is 122 cm³/mol. The molecule has 0 bridgehead atoms. The standard InChI is InChI=1S/C18H28N6O2S.HI/c1-5-20-18(22-12-17-13(2)23-24(4)14(17)3)21-11-10-15-6-8-16(9-7-15)27(19,25)26;/h6-9H,5,10-12H2,1-4H3,(H2,19,25,26)(H2,20,21,22);1H. The normalized spacial score (nSPS) is 11.8. The van der Waals surface area contributed by atoms with Gasteiger partial charge in [-0.05, 0) is 44.9 Å². The van der Waals surface area contributed by atoms with E-state index in [2.05, 4.69) is 20.7 Å². The molecule has 4 N–H and O–H groups in total. The maximum atomic E-state index is 11.3. The lowest BCUT2D eigenvalue weighted by atomic mass is 10.1. The minimum atomic E-state index is -3.65. The summed E-state index contributed by atoms with van der Waals surface area (Å²) >= 11 is 0. The fraction of sp³-hybridized carbons (Fsp3) is 0.444. The van der Waals surface area contributed by atoms with E-state index in [1.54, 1.807) is 12.1 Å². The maximum Gasteiger partial charge on any atom is 0.238 e. The molecule has 0 fully saturated rings. The van der Waals surface area contributed by atoms with Gasteiger partial charge in [0, 0.05) is 31.4 Å². The molecule has 156 valence electrons. The monoisotopic (exact) mass is 520 g/mol. The van der Waals surface area contributed by atoms with Gasteiger partial charge in [-0.25, -0.2) is 18.5 Å². The molecule has 28 heavy (non-hydrogen) atoms. The van der Waals surface area contributed by atoms with Gasteiger partial charge in [0.2, 0.25) is 10.0 Å². The van der Waals surface area contributed by atoms with Crippen molar-refractivity contribution in [2.45, 2.75) is 38.6 Å². The van der Waals surface area contributed by atoms with Gasteiger partial charge in [0.15, 0.2) is 5.96 Å². The number of aryl methyl sites for hydroxylation is 2. The Bertz CT molecular complexity index is 907. The van der Waals surface area contributed by atoms with Gasteiger partial charge in [-0.1, -0.05) is 12.1 Å². The van der Waals surface area contributed by atoms with E-state index >= 15 is 0 Å². The van der Waals surface area contributed by atoms with Gasteiger partial charge in [0.05, 0.1) is 17.1 Å². The number of aliphatic imine (C=N–C) groups is 1. The zero-order chi connectivity index (χ0) is 20.0. The first-order chi connectivity index (χ1) is 12.7. The zero-order valence-electron chi connectivity index (χ0n) is 16.7. The van der Waals surface area contributed by atoms with Gasteiger partial charge in [-0.2, -0.15) is 5.10 Å². The highest BCUT2D eigenvalue weighted by molar-refractivity contribution is 14.0. The summed E-state index contributed by atoms with van der Waals surface area (Å²) in [5, 5.41) is 16.1. The topological polar surface area (TPSA) is 114 Å². The smallest absolute Gasteiger partial charge is 0.238 e. The van der Waals surface area contributed by atoms with Crippen molar-refractivity contribution in [2.24, 2.45) is 17.2 Å². The van der Waals surface area contributed by atoms with Crippen molar-refractivity contribution >= 4 is 40.0 Å². The summed E-state index contributed by atoms with van der Waals surface area (Å²) in [6.45, 7) is 8.04. The summed E-state index contributed by atoms with van der Waals surface area (Å²) in [7, 11) is -1.72. The Kier molecular flexibility index (Phi) is 9.37. The maximum absolute atomic E-state index is 11.3. The Labute approximate surface area is 184 Å². The second-order valence-electron chi connectivity index (χ2n) is 6.33. The van der Waals surface area contributed by atoms with Crippen LogP contribution in [0.4, 0.5) is 0 Å². The van der Waals surface area contributed by atoms with Crippen LogP contribution in [0.2, 0.25) is 0 Å². The van der Waals surface area contributed by atoms with E-state index in [9.17, 15) is 8.42 Å². The van der Waals surface area contributed by atoms with Crippen molar-refractivity contribution in [3.8, 4) is 0 Å². The fourth-order valence-electron chi connectivity index (χ4n) is 2.72. The highest BCUT2D eigenvalue weighted by Gasteiger charge is 2.09. The Morgan fingerprint density at radius 1 is 1.21 bits per heavy atom. The van der Waals surface area contributed by atoms with E-state index in [0.717, 1.165) is 41.4 Å². The van der Waals surface area contributed by atoms with Crippen molar-refractivity contribution in [3.63, 3.8) is 0 Å². The molecular weight excluding hydrogens is 491 g/mol. The second kappa shape index (κ2) is 10.8. The lowest BCUT2D eigenvalue weighted by Crippen LogP contribution is -2.38. The number of aromatic nitrogens is 2. The average Bonchev–Trinajstić information content (AvgIpc) is 2.84. The first kappa shape index (κ1) is 24.4. The molecule has 0 aliphatic carbocycles. The van der Waals surface area contributed by atoms with Gasteiger partial charge in [-0.3, -0.25) is 4.68 Å². The predicted octanol–water partition coefficient (Wildman–Crippen LogP) is 1.60. The van der Waals surface area contributed by atoms with Crippen LogP contribution in [-0.4, -0.2) is 37.2 Å². The number of halogens is 1. The van der Waals surface area contributed by atoms with E-state index in [-0.39, 0.29) is 28.9 Å². The number of primary sulfonamides is 1. The van der Waals surface area contributed by atoms with E-state index in [1.165, 1.54) is 12.1 Å². The van der Waals surface area contributed by atoms with E-state index < -0.39 is 10.0 Å². The summed E-state index contributed by atoms with van der Waals surface area (Å²) in [6, 6.07) is 6.59. The Morgan fingerprint density at radius 3 is 2.36 bits per heavy atom. The van der Waals surface area contributed by atoms with Crippen LogP contribution >= 0.6 is 24.0 Å². The SMILES string of the molecule is CCNC(=NCc1c(C)nn(C)c1C)NCCc1ccc(S(N)(=O)=O)cc1.I. The molecule has 0 radical (unpaired) electrons. The zero-order valence-corrected chi connectivity index (χ0v) is 19.8. The molecule has 2 aromatic rings. The van der Waals surface area contributed by atoms with Crippen LogP contribution in [0.5, 0.6) is 0 Å². The summed E-state index contributed by atoms with van der Waals surface area (Å²) in [5.74, 6) is 0.737. The number of rotatable bonds is 7. The minimum absolute atomic E-state index is 0. The minimum Gasteiger partial charge on any atom is -0.357 e. The van der Waals surface area contributed by atoms with Gasteiger partial charge in [0.1, 0.15) is 0 Å². The van der Waals surface area contributed by atoms with Crippen molar-refractivity contribution < 1.29 is 8.42 Å². The van der Waals surface area contributed by atoms with Crippen molar-refractivity contribution in [1.29, 1.82) is 0 Å². The van der Waals surface area contributed by atoms with Crippen LogP contribution < -0.4 is 15.8 Å². The van der Waals surface area contributed by atoms with Crippen molar-refractivity contribution in [3.05, 3.63) is 46.8 Å². The highest BCUT2D eigenvalue weighted by Crippen LogP contribution is 2.13. The van der Waals surface area contributed by atoms with Crippen molar-refractivity contribution in [1.82, 2.24) is 20.4 Å². The van der Waals surface area contributed by atoms with E-state index in [1.807, 2.05) is 32.5 Å². The van der Waals surface area contributed by atoms with Gasteiger partial charge < -0.3 is 10.6 Å². The lowest BCUT2D eigenvalue weighted by molar-refractivity contribution is 0.598. The van der Waals surface area contributed by atoms with Crippen LogP contribution in [0.3, 0.4) is 0 Å². The lowest BCUT2D eigenvalue weighted by Gasteiger charge is -2.11. The first-order valence-electron chi connectivity index (χ1n) is 8.85. The Balaban J connectivity index is 0.00000392. The number of hydrogen-bond donors (Lipinski definition) is 3. The molecule has 0 saturated heterocycles. The Hall–Kier alpha value is -1.66. The molecule has 0 atom stereocenters.